The first-order valence-electron chi connectivity index (χ1n) is 11.9. The van der Waals surface area contributed by atoms with Crippen molar-refractivity contribution in [3.63, 3.8) is 0 Å². The van der Waals surface area contributed by atoms with Crippen molar-refractivity contribution in [2.75, 3.05) is 31.1 Å². The van der Waals surface area contributed by atoms with Gasteiger partial charge in [-0.15, -0.1) is 0 Å². The Balaban J connectivity index is 1.74. The molecule has 1 aliphatic heterocycles. The number of hydrogen-bond acceptors (Lipinski definition) is 6. The Hall–Kier alpha value is -3.76. The lowest BCUT2D eigenvalue weighted by molar-refractivity contribution is -0.139. The van der Waals surface area contributed by atoms with Crippen molar-refractivity contribution in [3.8, 4) is 11.5 Å². The largest absolute Gasteiger partial charge is 0.486 e. The van der Waals surface area contributed by atoms with E-state index in [4.69, 9.17) is 21.1 Å². The molecule has 0 bridgehead atoms. The van der Waals surface area contributed by atoms with E-state index >= 15 is 0 Å². The molecule has 0 aromatic heterocycles. The molecule has 3 aromatic rings. The van der Waals surface area contributed by atoms with Crippen LogP contribution < -0.4 is 19.1 Å². The van der Waals surface area contributed by atoms with Crippen molar-refractivity contribution in [3.05, 3.63) is 83.4 Å². The molecular formula is C27H28ClN3O6S. The number of likely N-dealkylation sites (N-methyl/N-ethyl adjacent to an activating group) is 1. The number of ether oxygens (including phenoxy) is 2. The van der Waals surface area contributed by atoms with Gasteiger partial charge in [-0.3, -0.25) is 13.9 Å². The molecule has 1 aliphatic rings. The van der Waals surface area contributed by atoms with Crippen molar-refractivity contribution in [1.82, 2.24) is 10.2 Å². The zero-order chi connectivity index (χ0) is 27.3. The zero-order valence-electron chi connectivity index (χ0n) is 21.0. The number of nitrogens with zero attached hydrogens (tertiary/aromatic N) is 2. The molecule has 0 saturated carbocycles. The standard InChI is InChI=1S/C27H28ClN3O6S/c1-19(27(33)29-2)30(17-20-7-6-8-21(28)15-20)26(32)18-31(38(34,35)23-9-4-3-5-10-23)22-11-12-24-25(16-22)37-14-13-36-24/h3-12,15-16,19H,13-14,17-18H2,1-2H3,(H,29,33)/t19-/m0/s1. The summed E-state index contributed by atoms with van der Waals surface area (Å²) in [6.45, 7) is 1.78. The highest BCUT2D eigenvalue weighted by Crippen LogP contribution is 2.36. The maximum Gasteiger partial charge on any atom is 0.264 e. The third kappa shape index (κ3) is 6.03. The monoisotopic (exact) mass is 557 g/mol. The molecule has 1 heterocycles. The molecule has 1 N–H and O–H groups in total. The average molecular weight is 558 g/mol. The molecule has 9 nitrogen and oxygen atoms in total. The Bertz CT molecular complexity index is 1420. The molecule has 38 heavy (non-hydrogen) atoms. The van der Waals surface area contributed by atoms with Gasteiger partial charge in [0.1, 0.15) is 25.8 Å². The summed E-state index contributed by atoms with van der Waals surface area (Å²) in [4.78, 5) is 27.7. The van der Waals surface area contributed by atoms with Crippen LogP contribution in [-0.4, -0.2) is 58.0 Å². The van der Waals surface area contributed by atoms with Crippen LogP contribution in [0.25, 0.3) is 0 Å². The fourth-order valence-electron chi connectivity index (χ4n) is 4.06. The van der Waals surface area contributed by atoms with Crippen LogP contribution in [0.5, 0.6) is 11.5 Å². The minimum Gasteiger partial charge on any atom is -0.486 e. The van der Waals surface area contributed by atoms with Crippen molar-refractivity contribution in [2.45, 2.75) is 24.4 Å². The van der Waals surface area contributed by atoms with Gasteiger partial charge in [0.15, 0.2) is 11.5 Å². The predicted octanol–water partition coefficient (Wildman–Crippen LogP) is 3.47. The smallest absolute Gasteiger partial charge is 0.264 e. The number of carbonyl (C=O) groups excluding carboxylic acids is 2. The molecule has 1 atom stereocenters. The molecule has 11 heteroatoms. The topological polar surface area (TPSA) is 105 Å². The van der Waals surface area contributed by atoms with Gasteiger partial charge in [0.2, 0.25) is 11.8 Å². The Morgan fingerprint density at radius 1 is 0.974 bits per heavy atom. The van der Waals surface area contributed by atoms with Gasteiger partial charge in [-0.05, 0) is 48.9 Å². The maximum atomic E-state index is 13.8. The average Bonchev–Trinajstić information content (AvgIpc) is 2.93. The predicted molar refractivity (Wildman–Crippen MR) is 144 cm³/mol. The first-order chi connectivity index (χ1) is 18.2. The number of hydrogen-bond donors (Lipinski definition) is 1. The van der Waals surface area contributed by atoms with E-state index in [0.29, 0.717) is 35.3 Å². The summed E-state index contributed by atoms with van der Waals surface area (Å²) < 4.78 is 39.9. The molecule has 4 rings (SSSR count). The molecule has 0 saturated heterocycles. The summed E-state index contributed by atoms with van der Waals surface area (Å²) in [6.07, 6.45) is 0. The van der Waals surface area contributed by atoms with Crippen LogP contribution in [0.1, 0.15) is 12.5 Å². The summed E-state index contributed by atoms with van der Waals surface area (Å²) in [6, 6.07) is 18.6. The van der Waals surface area contributed by atoms with Crippen LogP contribution >= 0.6 is 11.6 Å². The van der Waals surface area contributed by atoms with Crippen LogP contribution in [-0.2, 0) is 26.2 Å². The van der Waals surface area contributed by atoms with Gasteiger partial charge in [-0.1, -0.05) is 41.9 Å². The highest BCUT2D eigenvalue weighted by atomic mass is 35.5. The number of carbonyl (C=O) groups is 2. The number of benzene rings is 3. The van der Waals surface area contributed by atoms with Crippen molar-refractivity contribution in [2.24, 2.45) is 0 Å². The lowest BCUT2D eigenvalue weighted by atomic mass is 10.1. The van der Waals surface area contributed by atoms with E-state index in [0.717, 1.165) is 4.31 Å². The highest BCUT2D eigenvalue weighted by molar-refractivity contribution is 7.92. The zero-order valence-corrected chi connectivity index (χ0v) is 22.5. The van der Waals surface area contributed by atoms with Crippen molar-refractivity contribution >= 4 is 39.1 Å². The van der Waals surface area contributed by atoms with Crippen molar-refractivity contribution < 1.29 is 27.5 Å². The second kappa shape index (κ2) is 11.7. The van der Waals surface area contributed by atoms with Gasteiger partial charge in [0.25, 0.3) is 10.0 Å². The van der Waals surface area contributed by atoms with Gasteiger partial charge in [0, 0.05) is 24.7 Å². The second-order valence-corrected chi connectivity index (χ2v) is 10.9. The fraction of sp³-hybridized carbons (Fsp3) is 0.259. The summed E-state index contributed by atoms with van der Waals surface area (Å²) in [7, 11) is -2.70. The molecule has 0 fully saturated rings. The molecule has 200 valence electrons. The van der Waals surface area contributed by atoms with E-state index in [1.807, 2.05) is 0 Å². The molecule has 0 unspecified atom stereocenters. The fourth-order valence-corrected chi connectivity index (χ4v) is 5.70. The number of nitrogens with one attached hydrogen (secondary N) is 1. The molecule has 3 aromatic carbocycles. The molecule has 0 aliphatic carbocycles. The van der Waals surface area contributed by atoms with E-state index in [-0.39, 0.29) is 17.1 Å². The molecule has 0 spiro atoms. The molecule has 0 radical (unpaired) electrons. The van der Waals surface area contributed by atoms with Gasteiger partial charge in [-0.2, -0.15) is 0 Å². The lowest BCUT2D eigenvalue weighted by Gasteiger charge is -2.32. The third-order valence-corrected chi connectivity index (χ3v) is 8.10. The minimum absolute atomic E-state index is 0.0171. The Morgan fingerprint density at radius 3 is 2.37 bits per heavy atom. The van der Waals surface area contributed by atoms with Crippen LogP contribution in [0.2, 0.25) is 5.02 Å². The third-order valence-electron chi connectivity index (χ3n) is 6.08. The first kappa shape index (κ1) is 27.3. The Morgan fingerprint density at radius 2 is 1.68 bits per heavy atom. The van der Waals surface area contributed by atoms with Crippen LogP contribution in [0, 0.1) is 0 Å². The quantitative estimate of drug-likeness (QED) is 0.432. The molecular weight excluding hydrogens is 530 g/mol. The summed E-state index contributed by atoms with van der Waals surface area (Å²) in [5.41, 5.74) is 0.917. The minimum atomic E-state index is -4.17. The summed E-state index contributed by atoms with van der Waals surface area (Å²) in [5, 5.41) is 3.03. The summed E-state index contributed by atoms with van der Waals surface area (Å²) >= 11 is 6.13. The van der Waals surface area contributed by atoms with Gasteiger partial charge in [-0.25, -0.2) is 8.42 Å². The first-order valence-corrected chi connectivity index (χ1v) is 13.8. The number of halogens is 1. The molecule has 2 amide bonds. The van der Waals surface area contributed by atoms with Crippen molar-refractivity contribution in [1.29, 1.82) is 0 Å². The number of sulfonamides is 1. The normalized spacial score (nSPS) is 13.3. The number of amides is 2. The van der Waals surface area contributed by atoms with Gasteiger partial charge in [0.05, 0.1) is 10.6 Å². The van der Waals surface area contributed by atoms with E-state index < -0.39 is 34.4 Å². The SMILES string of the molecule is CNC(=O)[C@H](C)N(Cc1cccc(Cl)c1)C(=O)CN(c1ccc2c(c1)OCCO2)S(=O)(=O)c1ccccc1. The second-order valence-electron chi connectivity index (χ2n) is 8.59. The van der Waals surface area contributed by atoms with E-state index in [1.54, 1.807) is 61.5 Å². The van der Waals surface area contributed by atoms with Crippen LogP contribution in [0.3, 0.4) is 0 Å². The lowest BCUT2D eigenvalue weighted by Crippen LogP contribution is -2.50. The van der Waals surface area contributed by atoms with Crippen LogP contribution in [0.4, 0.5) is 5.69 Å². The number of anilines is 1. The summed E-state index contributed by atoms with van der Waals surface area (Å²) in [5.74, 6) is -0.101. The van der Waals surface area contributed by atoms with Gasteiger partial charge < -0.3 is 19.7 Å². The highest BCUT2D eigenvalue weighted by Gasteiger charge is 2.33. The number of rotatable bonds is 9. The van der Waals surface area contributed by atoms with Gasteiger partial charge >= 0.3 is 0 Å². The van der Waals surface area contributed by atoms with E-state index in [1.165, 1.54) is 30.1 Å². The van der Waals surface area contributed by atoms with E-state index in [9.17, 15) is 18.0 Å². The van der Waals surface area contributed by atoms with E-state index in [2.05, 4.69) is 5.32 Å². The number of fused-ring (bicyclic) bond motifs is 1. The Kier molecular flexibility index (Phi) is 8.43. The van der Waals surface area contributed by atoms with Crippen LogP contribution in [0.15, 0.2) is 77.7 Å². The maximum absolute atomic E-state index is 13.8. The Labute approximate surface area is 227 Å².